The minimum atomic E-state index is -0.896. The summed E-state index contributed by atoms with van der Waals surface area (Å²) in [6.07, 6.45) is 4.90. The van der Waals surface area contributed by atoms with Crippen molar-refractivity contribution in [3.05, 3.63) is 35.6 Å². The molecule has 3 amide bonds. The van der Waals surface area contributed by atoms with Crippen LogP contribution in [-0.4, -0.2) is 53.1 Å². The summed E-state index contributed by atoms with van der Waals surface area (Å²) in [5, 5.41) is 12.7. The molecule has 1 atom stereocenters. The van der Waals surface area contributed by atoms with Crippen LogP contribution in [0.5, 0.6) is 0 Å². The lowest BCUT2D eigenvalue weighted by molar-refractivity contribution is -0.124. The molecule has 1 saturated carbocycles. The van der Waals surface area contributed by atoms with Crippen LogP contribution in [0.2, 0.25) is 0 Å². The molecule has 0 spiro atoms. The minimum absolute atomic E-state index is 0.0236. The third-order valence-corrected chi connectivity index (χ3v) is 5.44. The number of carboxylic acid groups (broad SMARTS) is 1. The SMILES string of the molecule is NC(=O)C1(NC(=O)NC2CCCN(Cc3ccc(F)cc3)C2)CCCC1.O=CO. The number of piperidine rings is 1. The molecule has 1 unspecified atom stereocenters. The summed E-state index contributed by atoms with van der Waals surface area (Å²) in [4.78, 5) is 34.8. The van der Waals surface area contributed by atoms with E-state index < -0.39 is 11.4 Å². The summed E-state index contributed by atoms with van der Waals surface area (Å²) < 4.78 is 13.0. The molecule has 9 heteroatoms. The van der Waals surface area contributed by atoms with Crippen molar-refractivity contribution in [1.29, 1.82) is 0 Å². The molecule has 160 valence electrons. The van der Waals surface area contributed by atoms with Gasteiger partial charge in [-0.1, -0.05) is 25.0 Å². The van der Waals surface area contributed by atoms with Crippen LogP contribution in [0.4, 0.5) is 9.18 Å². The molecular formula is C20H29FN4O4. The number of nitrogens with two attached hydrogens (primary N) is 1. The summed E-state index contributed by atoms with van der Waals surface area (Å²) >= 11 is 0. The Morgan fingerprint density at radius 2 is 1.86 bits per heavy atom. The molecule has 2 fully saturated rings. The standard InChI is InChI=1S/C19H27FN4O2.CH2O2/c20-15-7-5-14(6-8-15)12-24-11-3-4-16(13-24)22-18(26)23-19(17(21)25)9-1-2-10-19;2-1-3/h5-8,16H,1-4,9-13H2,(H2,21,25)(H2,22,23,26);1H,(H,2,3). The van der Waals surface area contributed by atoms with E-state index in [2.05, 4.69) is 15.5 Å². The van der Waals surface area contributed by atoms with Crippen molar-refractivity contribution in [2.75, 3.05) is 13.1 Å². The Bertz CT molecular complexity index is 692. The molecule has 1 heterocycles. The number of carbonyl (C=O) groups excluding carboxylic acids is 2. The predicted molar refractivity (Wildman–Crippen MR) is 105 cm³/mol. The zero-order valence-electron chi connectivity index (χ0n) is 16.4. The Morgan fingerprint density at radius 3 is 2.45 bits per heavy atom. The number of hydrogen-bond donors (Lipinski definition) is 4. The van der Waals surface area contributed by atoms with Crippen LogP contribution >= 0.6 is 0 Å². The first-order valence-electron chi connectivity index (χ1n) is 9.82. The van der Waals surface area contributed by atoms with Gasteiger partial charge < -0.3 is 21.5 Å². The highest BCUT2D eigenvalue weighted by Gasteiger charge is 2.41. The molecule has 1 aromatic carbocycles. The number of nitrogens with one attached hydrogen (secondary N) is 2. The predicted octanol–water partition coefficient (Wildman–Crippen LogP) is 1.59. The first-order valence-corrected chi connectivity index (χ1v) is 9.82. The second kappa shape index (κ2) is 10.8. The highest BCUT2D eigenvalue weighted by atomic mass is 19.1. The van der Waals surface area contributed by atoms with Crippen molar-refractivity contribution in [3.8, 4) is 0 Å². The monoisotopic (exact) mass is 408 g/mol. The Balaban J connectivity index is 0.000000941. The van der Waals surface area contributed by atoms with Crippen molar-refractivity contribution in [1.82, 2.24) is 15.5 Å². The van der Waals surface area contributed by atoms with Gasteiger partial charge in [0.1, 0.15) is 11.4 Å². The maximum atomic E-state index is 13.0. The number of halogens is 1. The van der Waals surface area contributed by atoms with Crippen LogP contribution < -0.4 is 16.4 Å². The van der Waals surface area contributed by atoms with Gasteiger partial charge in [0.05, 0.1) is 0 Å². The zero-order chi connectivity index (χ0) is 21.3. The lowest BCUT2D eigenvalue weighted by atomic mass is 9.97. The Labute approximate surface area is 169 Å². The van der Waals surface area contributed by atoms with Crippen molar-refractivity contribution in [2.24, 2.45) is 5.73 Å². The van der Waals surface area contributed by atoms with E-state index >= 15 is 0 Å². The Kier molecular flexibility index (Phi) is 8.38. The summed E-state index contributed by atoms with van der Waals surface area (Å²) in [6.45, 7) is 2.15. The summed E-state index contributed by atoms with van der Waals surface area (Å²) in [6, 6.07) is 6.21. The molecular weight excluding hydrogens is 379 g/mol. The molecule has 1 saturated heterocycles. The molecule has 0 bridgehead atoms. The van der Waals surface area contributed by atoms with Gasteiger partial charge in [-0.25, -0.2) is 9.18 Å². The van der Waals surface area contributed by atoms with E-state index in [1.807, 2.05) is 0 Å². The number of likely N-dealkylation sites (tertiary alicyclic amines) is 1. The fraction of sp³-hybridized carbons (Fsp3) is 0.550. The smallest absolute Gasteiger partial charge is 0.315 e. The van der Waals surface area contributed by atoms with Gasteiger partial charge in [0.2, 0.25) is 5.91 Å². The molecule has 3 rings (SSSR count). The van der Waals surface area contributed by atoms with E-state index in [0.717, 1.165) is 50.9 Å². The molecule has 0 radical (unpaired) electrons. The van der Waals surface area contributed by atoms with Crippen LogP contribution in [-0.2, 0) is 16.1 Å². The van der Waals surface area contributed by atoms with Crippen LogP contribution in [0.25, 0.3) is 0 Å². The van der Waals surface area contributed by atoms with Gasteiger partial charge in [0, 0.05) is 19.1 Å². The zero-order valence-corrected chi connectivity index (χ0v) is 16.4. The third kappa shape index (κ3) is 6.70. The maximum absolute atomic E-state index is 13.0. The number of nitrogens with zero attached hydrogens (tertiary/aromatic N) is 1. The molecule has 29 heavy (non-hydrogen) atoms. The fourth-order valence-corrected chi connectivity index (χ4v) is 4.02. The molecule has 1 aromatic rings. The quantitative estimate of drug-likeness (QED) is 0.551. The van der Waals surface area contributed by atoms with Crippen LogP contribution in [0.1, 0.15) is 44.1 Å². The largest absolute Gasteiger partial charge is 0.483 e. The third-order valence-electron chi connectivity index (χ3n) is 5.44. The number of carbonyl (C=O) groups is 3. The Morgan fingerprint density at radius 1 is 1.24 bits per heavy atom. The van der Waals surface area contributed by atoms with Gasteiger partial charge in [-0.15, -0.1) is 0 Å². The van der Waals surface area contributed by atoms with E-state index in [1.54, 1.807) is 12.1 Å². The van der Waals surface area contributed by atoms with Gasteiger partial charge in [-0.3, -0.25) is 14.5 Å². The second-order valence-corrected chi connectivity index (χ2v) is 7.56. The molecule has 8 nitrogen and oxygen atoms in total. The van der Waals surface area contributed by atoms with Crippen molar-refractivity contribution < 1.29 is 23.9 Å². The van der Waals surface area contributed by atoms with Crippen molar-refractivity contribution in [3.63, 3.8) is 0 Å². The maximum Gasteiger partial charge on any atom is 0.315 e. The topological polar surface area (TPSA) is 125 Å². The van der Waals surface area contributed by atoms with Gasteiger partial charge >= 0.3 is 6.03 Å². The van der Waals surface area contributed by atoms with E-state index in [4.69, 9.17) is 15.6 Å². The molecule has 5 N–H and O–H groups in total. The molecule has 2 aliphatic rings. The van der Waals surface area contributed by atoms with Gasteiger partial charge in [0.25, 0.3) is 6.47 Å². The second-order valence-electron chi connectivity index (χ2n) is 7.56. The summed E-state index contributed by atoms with van der Waals surface area (Å²) in [5.74, 6) is -0.689. The molecule has 1 aliphatic heterocycles. The van der Waals surface area contributed by atoms with Crippen LogP contribution in [0.3, 0.4) is 0 Å². The lowest BCUT2D eigenvalue weighted by Crippen LogP contribution is -2.60. The average molecular weight is 408 g/mol. The molecule has 1 aliphatic carbocycles. The Hall–Kier alpha value is -2.68. The van der Waals surface area contributed by atoms with Crippen molar-refractivity contribution in [2.45, 2.75) is 56.7 Å². The normalized spacial score (nSPS) is 20.8. The number of urea groups is 1. The lowest BCUT2D eigenvalue weighted by Gasteiger charge is -2.34. The number of primary amides is 1. The highest BCUT2D eigenvalue weighted by Crippen LogP contribution is 2.29. The number of rotatable bonds is 5. The van der Waals surface area contributed by atoms with Gasteiger partial charge in [-0.2, -0.15) is 0 Å². The van der Waals surface area contributed by atoms with Crippen LogP contribution in [0.15, 0.2) is 24.3 Å². The first kappa shape index (κ1) is 22.6. The van der Waals surface area contributed by atoms with E-state index in [0.29, 0.717) is 12.8 Å². The number of benzene rings is 1. The van der Waals surface area contributed by atoms with Crippen molar-refractivity contribution >= 4 is 18.4 Å². The summed E-state index contributed by atoms with van der Waals surface area (Å²) in [7, 11) is 0. The minimum Gasteiger partial charge on any atom is -0.483 e. The first-order chi connectivity index (χ1) is 13.9. The van der Waals surface area contributed by atoms with E-state index in [9.17, 15) is 14.0 Å². The summed E-state index contributed by atoms with van der Waals surface area (Å²) in [5.41, 5.74) is 5.67. The average Bonchev–Trinajstić information content (AvgIpc) is 3.14. The van der Waals surface area contributed by atoms with Crippen LogP contribution in [0, 0.1) is 5.82 Å². The number of amides is 3. The number of hydrogen-bond acceptors (Lipinski definition) is 4. The van der Waals surface area contributed by atoms with Gasteiger partial charge in [0.15, 0.2) is 0 Å². The van der Waals surface area contributed by atoms with E-state index in [1.165, 1.54) is 12.1 Å². The molecule has 0 aromatic heterocycles. The fourth-order valence-electron chi connectivity index (χ4n) is 4.02. The van der Waals surface area contributed by atoms with Gasteiger partial charge in [-0.05, 0) is 49.9 Å². The highest BCUT2D eigenvalue weighted by molar-refractivity contribution is 5.90. The van der Waals surface area contributed by atoms with E-state index in [-0.39, 0.29) is 24.4 Å².